The number of anilines is 1. The minimum absolute atomic E-state index is 0.413. The molecule has 3 rings (SSSR count). The summed E-state index contributed by atoms with van der Waals surface area (Å²) < 4.78 is 22.5. The van der Waals surface area contributed by atoms with Crippen molar-refractivity contribution in [3.8, 4) is 23.0 Å². The third-order valence-corrected chi connectivity index (χ3v) is 5.92. The van der Waals surface area contributed by atoms with Gasteiger partial charge in [-0.15, -0.1) is 0 Å². The maximum Gasteiger partial charge on any atom is 0.411 e. The molecule has 0 atom stereocenters. The Morgan fingerprint density at radius 3 is 2.33 bits per heavy atom. The monoisotopic (exact) mass is 495 g/mol. The standard InChI is InChI=1S/C28H37N3O5/c1-19-16-25(36-24-11-12-29-23-18-27(34-6)26(33-5)17-21(23)24)20(2)15-22(19)30-28(32)35-14-10-8-7-9-13-31(3)4/h11-12,15-18H,7-10,13-14H2,1-6H3,(H,30,32). The lowest BCUT2D eigenvalue weighted by atomic mass is 10.1. The van der Waals surface area contributed by atoms with Crippen molar-refractivity contribution in [2.75, 3.05) is 46.8 Å². The van der Waals surface area contributed by atoms with Crippen molar-refractivity contribution < 1.29 is 23.7 Å². The Morgan fingerprint density at radius 2 is 1.61 bits per heavy atom. The van der Waals surface area contributed by atoms with E-state index >= 15 is 0 Å². The average molecular weight is 496 g/mol. The van der Waals surface area contributed by atoms with Crippen molar-refractivity contribution in [1.29, 1.82) is 0 Å². The van der Waals surface area contributed by atoms with Crippen molar-refractivity contribution in [3.63, 3.8) is 0 Å². The van der Waals surface area contributed by atoms with E-state index in [0.717, 1.165) is 54.3 Å². The van der Waals surface area contributed by atoms with Gasteiger partial charge in [-0.25, -0.2) is 4.79 Å². The van der Waals surface area contributed by atoms with Gasteiger partial charge in [0.15, 0.2) is 11.5 Å². The van der Waals surface area contributed by atoms with Crippen LogP contribution in [0.1, 0.15) is 36.8 Å². The Bertz CT molecular complexity index is 1180. The first kappa shape index (κ1) is 27.1. The second-order valence-electron chi connectivity index (χ2n) is 9.05. The van der Waals surface area contributed by atoms with Crippen molar-refractivity contribution in [1.82, 2.24) is 9.88 Å². The van der Waals surface area contributed by atoms with E-state index in [1.807, 2.05) is 44.2 Å². The molecule has 8 heteroatoms. The molecule has 0 unspecified atom stereocenters. The van der Waals surface area contributed by atoms with E-state index in [-0.39, 0.29) is 0 Å². The second kappa shape index (κ2) is 13.0. The zero-order chi connectivity index (χ0) is 26.1. The van der Waals surface area contributed by atoms with Gasteiger partial charge < -0.3 is 23.8 Å². The highest BCUT2D eigenvalue weighted by molar-refractivity contribution is 5.89. The van der Waals surface area contributed by atoms with E-state index in [4.69, 9.17) is 18.9 Å². The summed E-state index contributed by atoms with van der Waals surface area (Å²) in [7, 11) is 7.34. The Balaban J connectivity index is 1.63. The van der Waals surface area contributed by atoms with Gasteiger partial charge in [0.1, 0.15) is 11.5 Å². The van der Waals surface area contributed by atoms with Gasteiger partial charge in [0.2, 0.25) is 0 Å². The van der Waals surface area contributed by atoms with Gasteiger partial charge >= 0.3 is 6.09 Å². The number of amides is 1. The molecule has 1 heterocycles. The quantitative estimate of drug-likeness (QED) is 0.294. The molecule has 1 amide bonds. The predicted molar refractivity (Wildman–Crippen MR) is 143 cm³/mol. The van der Waals surface area contributed by atoms with Crippen LogP contribution in [0.2, 0.25) is 0 Å². The Morgan fingerprint density at radius 1 is 0.889 bits per heavy atom. The van der Waals surface area contributed by atoms with E-state index in [2.05, 4.69) is 29.3 Å². The maximum absolute atomic E-state index is 12.3. The fraction of sp³-hybridized carbons (Fsp3) is 0.429. The number of benzene rings is 2. The van der Waals surface area contributed by atoms with Crippen LogP contribution in [0.3, 0.4) is 0 Å². The third kappa shape index (κ3) is 7.24. The van der Waals surface area contributed by atoms with E-state index < -0.39 is 6.09 Å². The van der Waals surface area contributed by atoms with Crippen LogP contribution >= 0.6 is 0 Å². The molecule has 0 radical (unpaired) electrons. The number of rotatable bonds is 12. The molecule has 0 fully saturated rings. The summed E-state index contributed by atoms with van der Waals surface area (Å²) in [5.41, 5.74) is 3.18. The number of hydrogen-bond acceptors (Lipinski definition) is 7. The number of aryl methyl sites for hydroxylation is 2. The predicted octanol–water partition coefficient (Wildman–Crippen LogP) is 6.33. The zero-order valence-corrected chi connectivity index (χ0v) is 22.1. The molecule has 0 saturated heterocycles. The molecule has 36 heavy (non-hydrogen) atoms. The minimum Gasteiger partial charge on any atom is -0.493 e. The number of hydrogen-bond donors (Lipinski definition) is 1. The molecule has 1 aromatic heterocycles. The van der Waals surface area contributed by atoms with Gasteiger partial charge in [-0.2, -0.15) is 0 Å². The molecule has 3 aromatic rings. The first-order chi connectivity index (χ1) is 17.3. The largest absolute Gasteiger partial charge is 0.493 e. The summed E-state index contributed by atoms with van der Waals surface area (Å²) >= 11 is 0. The van der Waals surface area contributed by atoms with E-state index in [9.17, 15) is 4.79 Å². The number of pyridine rings is 1. The van der Waals surface area contributed by atoms with Crippen LogP contribution in [0.15, 0.2) is 36.5 Å². The molecule has 0 aliphatic carbocycles. The molecule has 0 aliphatic rings. The van der Waals surface area contributed by atoms with Crippen LogP contribution in [-0.2, 0) is 4.74 Å². The van der Waals surface area contributed by atoms with Crippen LogP contribution in [-0.4, -0.2) is 57.4 Å². The van der Waals surface area contributed by atoms with Crippen LogP contribution in [0.5, 0.6) is 23.0 Å². The fourth-order valence-corrected chi connectivity index (χ4v) is 3.88. The average Bonchev–Trinajstić information content (AvgIpc) is 2.85. The van der Waals surface area contributed by atoms with E-state index in [1.165, 1.54) is 0 Å². The lowest BCUT2D eigenvalue weighted by Crippen LogP contribution is -2.15. The number of fused-ring (bicyclic) bond motifs is 1. The van der Waals surface area contributed by atoms with Crippen molar-refractivity contribution in [2.24, 2.45) is 0 Å². The Hall–Kier alpha value is -3.52. The summed E-state index contributed by atoms with van der Waals surface area (Å²) in [6, 6.07) is 9.28. The fourth-order valence-electron chi connectivity index (χ4n) is 3.88. The third-order valence-electron chi connectivity index (χ3n) is 5.92. The van der Waals surface area contributed by atoms with Gasteiger partial charge in [0.25, 0.3) is 0 Å². The first-order valence-electron chi connectivity index (χ1n) is 12.2. The van der Waals surface area contributed by atoms with Gasteiger partial charge in [-0.1, -0.05) is 12.8 Å². The Labute approximate surface area is 213 Å². The van der Waals surface area contributed by atoms with Gasteiger partial charge in [-0.3, -0.25) is 10.3 Å². The SMILES string of the molecule is COc1cc2nccc(Oc3cc(C)c(NC(=O)OCCCCCCN(C)C)cc3C)c2cc1OC. The molecule has 0 aliphatic heterocycles. The first-order valence-corrected chi connectivity index (χ1v) is 12.2. The number of ether oxygens (including phenoxy) is 4. The summed E-state index contributed by atoms with van der Waals surface area (Å²) in [6.45, 7) is 5.35. The molecular formula is C28H37N3O5. The van der Waals surface area contributed by atoms with E-state index in [1.54, 1.807) is 20.4 Å². The summed E-state index contributed by atoms with van der Waals surface area (Å²) in [5, 5.41) is 3.66. The number of unbranched alkanes of at least 4 members (excludes halogenated alkanes) is 3. The van der Waals surface area contributed by atoms with Crippen molar-refractivity contribution >= 4 is 22.7 Å². The molecule has 2 aromatic carbocycles. The van der Waals surface area contributed by atoms with Crippen molar-refractivity contribution in [2.45, 2.75) is 39.5 Å². The smallest absolute Gasteiger partial charge is 0.411 e. The minimum atomic E-state index is -0.444. The molecule has 0 bridgehead atoms. The van der Waals surface area contributed by atoms with Gasteiger partial charge in [0, 0.05) is 23.3 Å². The molecule has 1 N–H and O–H groups in total. The molecule has 194 valence electrons. The second-order valence-corrected chi connectivity index (χ2v) is 9.05. The normalized spacial score (nSPS) is 11.0. The molecule has 0 spiro atoms. The van der Waals surface area contributed by atoms with Crippen LogP contribution in [0.25, 0.3) is 10.9 Å². The van der Waals surface area contributed by atoms with Gasteiger partial charge in [0.05, 0.1) is 26.3 Å². The highest BCUT2D eigenvalue weighted by Crippen LogP contribution is 2.38. The number of nitrogens with zero attached hydrogens (tertiary/aromatic N) is 2. The molecular weight excluding hydrogens is 458 g/mol. The van der Waals surface area contributed by atoms with Crippen LogP contribution in [0, 0.1) is 13.8 Å². The lowest BCUT2D eigenvalue weighted by molar-refractivity contribution is 0.159. The summed E-state index contributed by atoms with van der Waals surface area (Å²) in [4.78, 5) is 18.9. The highest BCUT2D eigenvalue weighted by Gasteiger charge is 2.14. The number of carbonyl (C=O) groups is 1. The zero-order valence-electron chi connectivity index (χ0n) is 22.1. The number of aromatic nitrogens is 1. The van der Waals surface area contributed by atoms with E-state index in [0.29, 0.717) is 35.3 Å². The summed E-state index contributed by atoms with van der Waals surface area (Å²) in [5.74, 6) is 2.54. The topological polar surface area (TPSA) is 82.2 Å². The lowest BCUT2D eigenvalue weighted by Gasteiger charge is -2.16. The van der Waals surface area contributed by atoms with Crippen molar-refractivity contribution in [3.05, 3.63) is 47.7 Å². The van der Waals surface area contributed by atoms with Crippen LogP contribution < -0.4 is 19.5 Å². The van der Waals surface area contributed by atoms with Gasteiger partial charge in [-0.05, 0) is 82.7 Å². The molecule has 8 nitrogen and oxygen atoms in total. The molecule has 0 saturated carbocycles. The number of carbonyl (C=O) groups excluding carboxylic acids is 1. The highest BCUT2D eigenvalue weighted by atomic mass is 16.5. The Kier molecular flexibility index (Phi) is 9.76. The van der Waals surface area contributed by atoms with Crippen LogP contribution in [0.4, 0.5) is 10.5 Å². The summed E-state index contributed by atoms with van der Waals surface area (Å²) in [6.07, 6.45) is 5.45. The number of nitrogens with one attached hydrogen (secondary N) is 1. The maximum atomic E-state index is 12.3. The number of methoxy groups -OCH3 is 2.